The van der Waals surface area contributed by atoms with Crippen molar-refractivity contribution in [3.8, 4) is 5.69 Å². The Morgan fingerprint density at radius 2 is 1.55 bits per heavy atom. The number of benzene rings is 4. The van der Waals surface area contributed by atoms with Gasteiger partial charge in [-0.25, -0.2) is 4.68 Å². The molecule has 0 aliphatic carbocycles. The number of nitrogens with zero attached hydrogens (tertiary/aromatic N) is 3. The van der Waals surface area contributed by atoms with Gasteiger partial charge in [0, 0.05) is 23.6 Å². The van der Waals surface area contributed by atoms with Gasteiger partial charge in [0.2, 0.25) is 5.91 Å². The second-order valence-corrected chi connectivity index (χ2v) is 11.1. The molecule has 1 N–H and O–H groups in total. The molecule has 0 aliphatic rings. The topological polar surface area (TPSA) is 67.2 Å². The summed E-state index contributed by atoms with van der Waals surface area (Å²) in [4.78, 5) is 29.1. The summed E-state index contributed by atoms with van der Waals surface area (Å²) in [6.07, 6.45) is 0. The Morgan fingerprint density at radius 1 is 0.850 bits per heavy atom. The quantitative estimate of drug-likeness (QED) is 0.249. The molecule has 1 heterocycles. The zero-order valence-corrected chi connectivity index (χ0v) is 23.4. The molecule has 6 heteroatoms. The first-order chi connectivity index (χ1) is 19.2. The third-order valence-electron chi connectivity index (χ3n) is 6.85. The van der Waals surface area contributed by atoms with Crippen molar-refractivity contribution in [3.63, 3.8) is 0 Å². The highest BCUT2D eigenvalue weighted by Gasteiger charge is 2.24. The Bertz CT molecular complexity index is 1660. The molecule has 0 atom stereocenters. The molecule has 40 heavy (non-hydrogen) atoms. The van der Waals surface area contributed by atoms with Crippen molar-refractivity contribution in [2.45, 2.75) is 39.7 Å². The SMILES string of the molecule is Cc1cccc(-n2nc(C(C)(C)C)cc2NC(=O)CN(Cc2ccccc2)C(=O)c2cccc3ccccc23)c1. The smallest absolute Gasteiger partial charge is 0.255 e. The summed E-state index contributed by atoms with van der Waals surface area (Å²) in [7, 11) is 0. The third kappa shape index (κ3) is 5.96. The highest BCUT2D eigenvalue weighted by molar-refractivity contribution is 6.08. The zero-order chi connectivity index (χ0) is 28.3. The van der Waals surface area contributed by atoms with Crippen molar-refractivity contribution in [2.24, 2.45) is 0 Å². The fraction of sp³-hybridized carbons (Fsp3) is 0.206. The van der Waals surface area contributed by atoms with Gasteiger partial charge in [-0.2, -0.15) is 5.10 Å². The van der Waals surface area contributed by atoms with Crippen LogP contribution in [-0.2, 0) is 16.8 Å². The Hall–Kier alpha value is -4.71. The summed E-state index contributed by atoms with van der Waals surface area (Å²) in [6, 6.07) is 33.1. The van der Waals surface area contributed by atoms with E-state index in [1.165, 1.54) is 0 Å². The lowest BCUT2D eigenvalue weighted by molar-refractivity contribution is -0.117. The maximum atomic E-state index is 13.9. The lowest BCUT2D eigenvalue weighted by Crippen LogP contribution is -2.38. The molecule has 0 aliphatic heterocycles. The van der Waals surface area contributed by atoms with E-state index in [-0.39, 0.29) is 23.8 Å². The molecule has 6 nitrogen and oxygen atoms in total. The van der Waals surface area contributed by atoms with Crippen LogP contribution in [0.5, 0.6) is 0 Å². The van der Waals surface area contributed by atoms with Gasteiger partial charge in [-0.15, -0.1) is 0 Å². The van der Waals surface area contributed by atoms with Crippen LogP contribution in [0.4, 0.5) is 5.82 Å². The Morgan fingerprint density at radius 3 is 2.30 bits per heavy atom. The second kappa shape index (κ2) is 11.2. The fourth-order valence-electron chi connectivity index (χ4n) is 4.73. The molecule has 0 saturated heterocycles. The molecule has 0 fully saturated rings. The van der Waals surface area contributed by atoms with E-state index in [1.807, 2.05) is 110 Å². The average molecular weight is 531 g/mol. The van der Waals surface area contributed by atoms with E-state index in [1.54, 1.807) is 9.58 Å². The predicted molar refractivity (Wildman–Crippen MR) is 161 cm³/mol. The highest BCUT2D eigenvalue weighted by atomic mass is 16.2. The molecule has 0 unspecified atom stereocenters. The number of amides is 2. The summed E-state index contributed by atoms with van der Waals surface area (Å²) >= 11 is 0. The molecule has 5 aromatic rings. The molecule has 202 valence electrons. The van der Waals surface area contributed by atoms with Gasteiger partial charge in [-0.05, 0) is 47.0 Å². The third-order valence-corrected chi connectivity index (χ3v) is 6.85. The summed E-state index contributed by atoms with van der Waals surface area (Å²) in [5.74, 6) is 0.0787. The number of hydrogen-bond acceptors (Lipinski definition) is 3. The van der Waals surface area contributed by atoms with Crippen molar-refractivity contribution in [3.05, 3.63) is 126 Å². The Balaban J connectivity index is 1.47. The van der Waals surface area contributed by atoms with Crippen LogP contribution in [0.15, 0.2) is 103 Å². The van der Waals surface area contributed by atoms with Crippen molar-refractivity contribution in [2.75, 3.05) is 11.9 Å². The van der Waals surface area contributed by atoms with Gasteiger partial charge >= 0.3 is 0 Å². The first-order valence-electron chi connectivity index (χ1n) is 13.5. The van der Waals surface area contributed by atoms with Crippen LogP contribution in [-0.4, -0.2) is 33.0 Å². The largest absolute Gasteiger partial charge is 0.325 e. The molecule has 2 amide bonds. The van der Waals surface area contributed by atoms with E-state index in [2.05, 4.69) is 26.1 Å². The molecule has 1 aromatic heterocycles. The van der Waals surface area contributed by atoms with Gasteiger partial charge in [0.1, 0.15) is 12.4 Å². The van der Waals surface area contributed by atoms with E-state index in [0.717, 1.165) is 33.3 Å². The van der Waals surface area contributed by atoms with Crippen molar-refractivity contribution < 1.29 is 9.59 Å². The van der Waals surface area contributed by atoms with Crippen LogP contribution >= 0.6 is 0 Å². The van der Waals surface area contributed by atoms with Gasteiger partial charge in [-0.3, -0.25) is 9.59 Å². The van der Waals surface area contributed by atoms with Gasteiger partial charge in [0.05, 0.1) is 11.4 Å². The van der Waals surface area contributed by atoms with E-state index in [4.69, 9.17) is 5.10 Å². The molecule has 0 bridgehead atoms. The normalized spacial score (nSPS) is 11.4. The molecular weight excluding hydrogens is 496 g/mol. The number of carbonyl (C=O) groups excluding carboxylic acids is 2. The minimum Gasteiger partial charge on any atom is -0.325 e. The van der Waals surface area contributed by atoms with Gasteiger partial charge in [-0.1, -0.05) is 99.6 Å². The van der Waals surface area contributed by atoms with Crippen LogP contribution in [0.1, 0.15) is 48.0 Å². The number of carbonyl (C=O) groups is 2. The second-order valence-electron chi connectivity index (χ2n) is 11.1. The molecule has 0 saturated carbocycles. The molecule has 5 rings (SSSR count). The number of nitrogens with one attached hydrogen (secondary N) is 1. The molecule has 0 spiro atoms. The number of aromatic nitrogens is 2. The number of aryl methyl sites for hydroxylation is 1. The van der Waals surface area contributed by atoms with Crippen LogP contribution in [0, 0.1) is 6.92 Å². The van der Waals surface area contributed by atoms with Crippen LogP contribution in [0.3, 0.4) is 0 Å². The predicted octanol–water partition coefficient (Wildman–Crippen LogP) is 6.91. The van der Waals surface area contributed by atoms with E-state index < -0.39 is 0 Å². The van der Waals surface area contributed by atoms with Crippen molar-refractivity contribution in [1.82, 2.24) is 14.7 Å². The monoisotopic (exact) mass is 530 g/mol. The van der Waals surface area contributed by atoms with E-state index in [0.29, 0.717) is 17.9 Å². The number of anilines is 1. The maximum absolute atomic E-state index is 13.9. The molecule has 4 aromatic carbocycles. The molecule has 0 radical (unpaired) electrons. The van der Waals surface area contributed by atoms with Crippen molar-refractivity contribution in [1.29, 1.82) is 0 Å². The summed E-state index contributed by atoms with van der Waals surface area (Å²) in [5, 5.41) is 9.72. The first-order valence-corrected chi connectivity index (χ1v) is 13.5. The number of rotatable bonds is 7. The minimum atomic E-state index is -0.293. The molecular formula is C34H34N4O2. The lowest BCUT2D eigenvalue weighted by atomic mass is 9.92. The van der Waals surface area contributed by atoms with Gasteiger partial charge < -0.3 is 10.2 Å². The number of hydrogen-bond donors (Lipinski definition) is 1. The highest BCUT2D eigenvalue weighted by Crippen LogP contribution is 2.27. The fourth-order valence-corrected chi connectivity index (χ4v) is 4.73. The number of fused-ring (bicyclic) bond motifs is 1. The average Bonchev–Trinajstić information content (AvgIpc) is 3.37. The first kappa shape index (κ1) is 26.9. The Labute approximate surface area is 235 Å². The van der Waals surface area contributed by atoms with Crippen LogP contribution in [0.25, 0.3) is 16.5 Å². The standard InChI is InChI=1S/C34H34N4O2/c1-24-12-10-17-27(20-24)38-31(21-30(36-38)34(2,3)4)35-32(39)23-37(22-25-13-6-5-7-14-25)33(40)29-19-11-16-26-15-8-9-18-28(26)29/h5-21H,22-23H2,1-4H3,(H,35,39). The Kier molecular flexibility index (Phi) is 7.52. The van der Waals surface area contributed by atoms with Gasteiger partial charge in [0.15, 0.2) is 0 Å². The van der Waals surface area contributed by atoms with Crippen LogP contribution in [0.2, 0.25) is 0 Å². The van der Waals surface area contributed by atoms with Crippen molar-refractivity contribution >= 4 is 28.4 Å². The lowest BCUT2D eigenvalue weighted by Gasteiger charge is -2.23. The van der Waals surface area contributed by atoms with E-state index >= 15 is 0 Å². The summed E-state index contributed by atoms with van der Waals surface area (Å²) < 4.78 is 1.76. The maximum Gasteiger partial charge on any atom is 0.255 e. The van der Waals surface area contributed by atoms with E-state index in [9.17, 15) is 9.59 Å². The minimum absolute atomic E-state index is 0.110. The van der Waals surface area contributed by atoms with Gasteiger partial charge in [0.25, 0.3) is 5.91 Å². The summed E-state index contributed by atoms with van der Waals surface area (Å²) in [6.45, 7) is 8.49. The summed E-state index contributed by atoms with van der Waals surface area (Å²) in [5.41, 5.74) is 4.12. The zero-order valence-electron chi connectivity index (χ0n) is 23.4. The van der Waals surface area contributed by atoms with Crippen LogP contribution < -0.4 is 5.32 Å².